The van der Waals surface area contributed by atoms with E-state index in [1.54, 1.807) is 17.0 Å². The largest absolute Gasteiger partial charge is 0.356 e. The van der Waals surface area contributed by atoms with Crippen molar-refractivity contribution in [1.29, 1.82) is 0 Å². The zero-order valence-electron chi connectivity index (χ0n) is 13.3. The highest BCUT2D eigenvalue weighted by atomic mass is 19.3. The average molecular weight is 341 g/mol. The van der Waals surface area contributed by atoms with Crippen molar-refractivity contribution in [2.24, 2.45) is 5.92 Å². The summed E-state index contributed by atoms with van der Waals surface area (Å²) < 4.78 is 24.6. The van der Waals surface area contributed by atoms with Gasteiger partial charge in [-0.15, -0.1) is 0 Å². The van der Waals surface area contributed by atoms with Crippen LogP contribution in [0.4, 0.5) is 14.5 Å². The first-order valence-electron chi connectivity index (χ1n) is 7.97. The second-order valence-electron chi connectivity index (χ2n) is 5.93. The predicted molar refractivity (Wildman–Crippen MR) is 85.0 cm³/mol. The first-order chi connectivity index (χ1) is 11.5. The molecule has 1 N–H and O–H groups in total. The molecule has 1 aliphatic heterocycles. The molecule has 0 saturated carbocycles. The quantitative estimate of drug-likeness (QED) is 0.609. The highest BCUT2D eigenvalue weighted by Crippen LogP contribution is 2.18. The van der Waals surface area contributed by atoms with Gasteiger partial charge in [-0.3, -0.25) is 19.8 Å². The van der Waals surface area contributed by atoms with Crippen LogP contribution in [0.3, 0.4) is 0 Å². The van der Waals surface area contributed by atoms with Crippen molar-refractivity contribution in [3.63, 3.8) is 0 Å². The number of amides is 1. The van der Waals surface area contributed by atoms with Crippen molar-refractivity contribution in [3.8, 4) is 0 Å². The Morgan fingerprint density at radius 3 is 2.46 bits per heavy atom. The zero-order chi connectivity index (χ0) is 17.5. The molecule has 2 rings (SSSR count). The van der Waals surface area contributed by atoms with E-state index in [0.29, 0.717) is 38.9 Å². The van der Waals surface area contributed by atoms with E-state index >= 15 is 0 Å². The second-order valence-corrected chi connectivity index (χ2v) is 5.93. The molecule has 1 aromatic rings. The molecular formula is C16H21F2N3O3. The van der Waals surface area contributed by atoms with Crippen LogP contribution in [-0.4, -0.2) is 48.3 Å². The molecule has 0 unspecified atom stereocenters. The van der Waals surface area contributed by atoms with Crippen LogP contribution < -0.4 is 5.32 Å². The van der Waals surface area contributed by atoms with E-state index < -0.39 is 11.3 Å². The summed E-state index contributed by atoms with van der Waals surface area (Å²) in [5, 5.41) is 13.4. The van der Waals surface area contributed by atoms with E-state index in [-0.39, 0.29) is 24.1 Å². The van der Waals surface area contributed by atoms with Gasteiger partial charge in [0.1, 0.15) is 0 Å². The number of nitro benzene ring substituents is 1. The summed E-state index contributed by atoms with van der Waals surface area (Å²) in [5.41, 5.74) is 0.950. The summed E-state index contributed by atoms with van der Waals surface area (Å²) in [4.78, 5) is 23.9. The second kappa shape index (κ2) is 8.68. The fourth-order valence-corrected chi connectivity index (χ4v) is 2.83. The first-order valence-corrected chi connectivity index (χ1v) is 7.97. The number of benzene rings is 1. The van der Waals surface area contributed by atoms with Crippen LogP contribution in [0, 0.1) is 16.0 Å². The molecular weight excluding hydrogens is 320 g/mol. The molecule has 8 heteroatoms. The van der Waals surface area contributed by atoms with Crippen LogP contribution in [-0.2, 0) is 11.2 Å². The fourth-order valence-electron chi connectivity index (χ4n) is 2.83. The van der Waals surface area contributed by atoms with E-state index in [2.05, 4.69) is 5.32 Å². The van der Waals surface area contributed by atoms with Gasteiger partial charge in [0.15, 0.2) is 0 Å². The van der Waals surface area contributed by atoms with Gasteiger partial charge in [0.25, 0.3) is 12.1 Å². The Hall–Kier alpha value is -2.09. The molecule has 0 atom stereocenters. The van der Waals surface area contributed by atoms with Gasteiger partial charge in [0.2, 0.25) is 5.91 Å². The van der Waals surface area contributed by atoms with Crippen molar-refractivity contribution in [2.45, 2.75) is 25.7 Å². The van der Waals surface area contributed by atoms with Crippen molar-refractivity contribution < 1.29 is 18.5 Å². The van der Waals surface area contributed by atoms with Crippen molar-refractivity contribution in [2.75, 3.05) is 26.2 Å². The van der Waals surface area contributed by atoms with E-state index in [1.165, 1.54) is 12.1 Å². The maximum Gasteiger partial charge on any atom is 0.269 e. The molecule has 1 aromatic carbocycles. The number of likely N-dealkylation sites (tertiary alicyclic amines) is 1. The topological polar surface area (TPSA) is 75.5 Å². The highest BCUT2D eigenvalue weighted by molar-refractivity contribution is 5.78. The maximum absolute atomic E-state index is 12.3. The van der Waals surface area contributed by atoms with Gasteiger partial charge >= 0.3 is 0 Å². The minimum absolute atomic E-state index is 0.0401. The summed E-state index contributed by atoms with van der Waals surface area (Å²) in [5.74, 6) is -0.176. The minimum atomic E-state index is -2.34. The maximum atomic E-state index is 12.3. The monoisotopic (exact) mass is 341 g/mol. The molecule has 1 saturated heterocycles. The highest BCUT2D eigenvalue weighted by Gasteiger charge is 2.25. The lowest BCUT2D eigenvalue weighted by molar-refractivity contribution is -0.384. The van der Waals surface area contributed by atoms with E-state index in [4.69, 9.17) is 0 Å². The summed E-state index contributed by atoms with van der Waals surface area (Å²) in [7, 11) is 0. The number of nitrogens with zero attached hydrogens (tertiary/aromatic N) is 2. The van der Waals surface area contributed by atoms with Crippen LogP contribution in [0.5, 0.6) is 0 Å². The fraction of sp³-hybridized carbons (Fsp3) is 0.562. The molecule has 0 radical (unpaired) electrons. The first kappa shape index (κ1) is 18.3. The Morgan fingerprint density at radius 1 is 1.29 bits per heavy atom. The number of alkyl halides is 2. The Morgan fingerprint density at radius 2 is 1.92 bits per heavy atom. The third-order valence-corrected chi connectivity index (χ3v) is 4.21. The van der Waals surface area contributed by atoms with Crippen molar-refractivity contribution >= 4 is 11.6 Å². The van der Waals surface area contributed by atoms with Crippen molar-refractivity contribution in [3.05, 3.63) is 39.9 Å². The molecule has 6 nitrogen and oxygen atoms in total. The predicted octanol–water partition coefficient (Wildman–Crippen LogP) is 2.23. The smallest absolute Gasteiger partial charge is 0.269 e. The van der Waals surface area contributed by atoms with Crippen LogP contribution in [0.1, 0.15) is 18.4 Å². The van der Waals surface area contributed by atoms with Crippen LogP contribution >= 0.6 is 0 Å². The molecule has 0 aliphatic carbocycles. The number of hydrogen-bond acceptors (Lipinski definition) is 4. The lowest BCUT2D eigenvalue weighted by atomic mass is 9.96. The molecule has 1 aliphatic rings. The lowest BCUT2D eigenvalue weighted by Crippen LogP contribution is -2.42. The van der Waals surface area contributed by atoms with Gasteiger partial charge in [0.05, 0.1) is 11.5 Å². The van der Waals surface area contributed by atoms with E-state index in [1.807, 2.05) is 0 Å². The summed E-state index contributed by atoms with van der Waals surface area (Å²) in [6.45, 7) is 1.26. The Labute approximate surface area is 139 Å². The third kappa shape index (κ3) is 5.52. The normalized spacial score (nSPS) is 16.3. The van der Waals surface area contributed by atoms with Gasteiger partial charge in [0, 0.05) is 24.6 Å². The van der Waals surface area contributed by atoms with Crippen molar-refractivity contribution in [1.82, 2.24) is 10.2 Å². The molecule has 132 valence electrons. The van der Waals surface area contributed by atoms with Crippen LogP contribution in [0.2, 0.25) is 0 Å². The average Bonchev–Trinajstić information content (AvgIpc) is 2.55. The van der Waals surface area contributed by atoms with E-state index in [9.17, 15) is 23.7 Å². The van der Waals surface area contributed by atoms with Gasteiger partial charge in [-0.1, -0.05) is 12.1 Å². The van der Waals surface area contributed by atoms with Gasteiger partial charge in [-0.25, -0.2) is 8.78 Å². The molecule has 0 aromatic heterocycles. The Bertz CT molecular complexity index is 558. The third-order valence-electron chi connectivity index (χ3n) is 4.21. The number of halogens is 2. The SMILES string of the molecule is O=C(NCCc1ccc([N+](=O)[O-])cc1)C1CCN(CC(F)F)CC1. The Balaban J connectivity index is 1.69. The van der Waals surface area contributed by atoms with Gasteiger partial charge < -0.3 is 5.32 Å². The molecule has 0 spiro atoms. The number of carbonyl (C=O) groups is 1. The standard InChI is InChI=1S/C16H21F2N3O3/c17-15(18)11-20-9-6-13(7-10-20)16(22)19-8-5-12-1-3-14(4-2-12)21(23)24/h1-4,13,15H,5-11H2,(H,19,22). The number of piperidine rings is 1. The molecule has 1 heterocycles. The molecule has 1 fully saturated rings. The molecule has 24 heavy (non-hydrogen) atoms. The van der Waals surface area contributed by atoms with E-state index in [0.717, 1.165) is 5.56 Å². The number of rotatable bonds is 7. The number of nitrogens with one attached hydrogen (secondary N) is 1. The molecule has 0 bridgehead atoms. The minimum Gasteiger partial charge on any atom is -0.356 e. The van der Waals surface area contributed by atoms with Gasteiger partial charge in [-0.05, 0) is 37.9 Å². The number of nitro groups is 1. The number of hydrogen-bond donors (Lipinski definition) is 1. The van der Waals surface area contributed by atoms with Crippen LogP contribution in [0.15, 0.2) is 24.3 Å². The molecule has 1 amide bonds. The van der Waals surface area contributed by atoms with Crippen LogP contribution in [0.25, 0.3) is 0 Å². The summed E-state index contributed by atoms with van der Waals surface area (Å²) >= 11 is 0. The summed E-state index contributed by atoms with van der Waals surface area (Å²) in [6, 6.07) is 6.23. The lowest BCUT2D eigenvalue weighted by Gasteiger charge is -2.30. The summed E-state index contributed by atoms with van der Waals surface area (Å²) in [6.07, 6.45) is -0.558. The zero-order valence-corrected chi connectivity index (χ0v) is 13.3. The Kier molecular flexibility index (Phi) is 6.60. The van der Waals surface area contributed by atoms with Gasteiger partial charge in [-0.2, -0.15) is 0 Å². The number of non-ortho nitro benzene ring substituents is 1. The number of carbonyl (C=O) groups excluding carboxylic acids is 1.